The molecule has 1 aromatic rings. The van der Waals surface area contributed by atoms with Crippen molar-refractivity contribution in [2.24, 2.45) is 5.92 Å². The fraction of sp³-hybridized carbons (Fsp3) is 0.429. The Balaban J connectivity index is 2.57. The Labute approximate surface area is 121 Å². The molecule has 0 radical (unpaired) electrons. The maximum absolute atomic E-state index is 13.0. The number of hydrogen-bond acceptors (Lipinski definition) is 3. The van der Waals surface area contributed by atoms with Crippen molar-refractivity contribution in [3.63, 3.8) is 0 Å². The van der Waals surface area contributed by atoms with Crippen LogP contribution in [0.25, 0.3) is 0 Å². The predicted octanol–water partition coefficient (Wildman–Crippen LogP) is 3.07. The van der Waals surface area contributed by atoms with Gasteiger partial charge in [0.25, 0.3) is 0 Å². The van der Waals surface area contributed by atoms with Crippen molar-refractivity contribution in [3.05, 3.63) is 29.8 Å². The van der Waals surface area contributed by atoms with Crippen LogP contribution in [0.4, 0.5) is 8.78 Å². The third-order valence-electron chi connectivity index (χ3n) is 2.70. The highest BCUT2D eigenvalue weighted by Crippen LogP contribution is 2.20. The molecule has 3 nitrogen and oxygen atoms in total. The molecule has 0 fully saturated rings. The zero-order valence-corrected chi connectivity index (χ0v) is 12.2. The number of amides is 1. The maximum Gasteiger partial charge on any atom is 0.232 e. The van der Waals surface area contributed by atoms with Crippen molar-refractivity contribution >= 4 is 17.7 Å². The monoisotopic (exact) mass is 298 g/mol. The number of carbonyl (C=O) groups excluding carboxylic acids is 1. The summed E-state index contributed by atoms with van der Waals surface area (Å²) < 4.78 is 25.8. The average molecular weight is 298 g/mol. The molecule has 0 unspecified atom stereocenters. The van der Waals surface area contributed by atoms with Gasteiger partial charge in [-0.1, -0.05) is 0 Å². The van der Waals surface area contributed by atoms with Gasteiger partial charge in [-0.05, 0) is 32.0 Å². The van der Waals surface area contributed by atoms with Gasteiger partial charge in [-0.15, -0.1) is 11.8 Å². The first kappa shape index (κ1) is 16.4. The van der Waals surface area contributed by atoms with Gasteiger partial charge >= 0.3 is 0 Å². The van der Waals surface area contributed by atoms with Crippen molar-refractivity contribution in [3.8, 4) is 6.07 Å². The molecular formula is C14H16F2N2OS. The van der Waals surface area contributed by atoms with E-state index in [1.165, 1.54) is 6.07 Å². The molecule has 0 aliphatic rings. The quantitative estimate of drug-likeness (QED) is 0.758. The molecular weight excluding hydrogens is 282 g/mol. The molecule has 1 atom stereocenters. The molecule has 20 heavy (non-hydrogen) atoms. The summed E-state index contributed by atoms with van der Waals surface area (Å²) >= 11 is 1.15. The molecule has 1 aromatic carbocycles. The fourth-order valence-electron chi connectivity index (χ4n) is 1.58. The summed E-state index contributed by atoms with van der Waals surface area (Å²) in [6, 6.07) is 5.63. The smallest absolute Gasteiger partial charge is 0.232 e. The van der Waals surface area contributed by atoms with E-state index < -0.39 is 11.6 Å². The van der Waals surface area contributed by atoms with Gasteiger partial charge in [0.1, 0.15) is 0 Å². The van der Waals surface area contributed by atoms with Crippen LogP contribution in [-0.2, 0) is 4.79 Å². The fourth-order valence-corrected chi connectivity index (χ4v) is 2.41. The largest absolute Gasteiger partial charge is 0.341 e. The Morgan fingerprint density at radius 3 is 2.70 bits per heavy atom. The third-order valence-corrected chi connectivity index (χ3v) is 3.68. The summed E-state index contributed by atoms with van der Waals surface area (Å²) in [6.45, 7) is 4.48. The molecule has 0 bridgehead atoms. The van der Waals surface area contributed by atoms with E-state index in [0.717, 1.165) is 23.9 Å². The van der Waals surface area contributed by atoms with E-state index in [2.05, 4.69) is 6.07 Å². The van der Waals surface area contributed by atoms with Crippen LogP contribution >= 0.6 is 11.8 Å². The van der Waals surface area contributed by atoms with Crippen molar-refractivity contribution in [2.75, 3.05) is 18.8 Å². The number of thioether (sulfide) groups is 1. The Morgan fingerprint density at radius 1 is 1.45 bits per heavy atom. The van der Waals surface area contributed by atoms with Gasteiger partial charge in [0.2, 0.25) is 5.91 Å². The normalized spacial score (nSPS) is 11.8. The van der Waals surface area contributed by atoms with Gasteiger partial charge in [-0.3, -0.25) is 4.79 Å². The Hall–Kier alpha value is -1.61. The first-order chi connectivity index (χ1) is 9.47. The molecule has 0 saturated carbocycles. The van der Waals surface area contributed by atoms with Gasteiger partial charge in [0.05, 0.1) is 17.7 Å². The minimum atomic E-state index is -0.923. The second kappa shape index (κ2) is 7.85. The topological polar surface area (TPSA) is 44.1 Å². The van der Waals surface area contributed by atoms with Crippen LogP contribution in [0.2, 0.25) is 0 Å². The SMILES string of the molecule is CCN(C[C@@H](C)C#N)C(=O)CSc1ccc(F)c(F)c1. The zero-order valence-electron chi connectivity index (χ0n) is 11.4. The van der Waals surface area contributed by atoms with Crippen molar-refractivity contribution in [2.45, 2.75) is 18.7 Å². The van der Waals surface area contributed by atoms with Crippen molar-refractivity contribution in [1.29, 1.82) is 5.26 Å². The number of nitriles is 1. The summed E-state index contributed by atoms with van der Waals surface area (Å²) in [5.41, 5.74) is 0. The molecule has 108 valence electrons. The van der Waals surface area contributed by atoms with Gasteiger partial charge in [0.15, 0.2) is 11.6 Å². The van der Waals surface area contributed by atoms with Gasteiger partial charge in [-0.2, -0.15) is 5.26 Å². The lowest BCUT2D eigenvalue weighted by atomic mass is 10.2. The number of halogens is 2. The minimum Gasteiger partial charge on any atom is -0.341 e. The predicted molar refractivity (Wildman–Crippen MR) is 74.1 cm³/mol. The highest BCUT2D eigenvalue weighted by atomic mass is 32.2. The van der Waals surface area contributed by atoms with E-state index in [4.69, 9.17) is 5.26 Å². The maximum atomic E-state index is 13.0. The van der Waals surface area contributed by atoms with Crippen LogP contribution < -0.4 is 0 Å². The van der Waals surface area contributed by atoms with Gasteiger partial charge in [0, 0.05) is 18.0 Å². The Morgan fingerprint density at radius 2 is 2.15 bits per heavy atom. The summed E-state index contributed by atoms with van der Waals surface area (Å²) in [5, 5.41) is 8.76. The summed E-state index contributed by atoms with van der Waals surface area (Å²) in [6.07, 6.45) is 0. The molecule has 0 aromatic heterocycles. The van der Waals surface area contributed by atoms with Gasteiger partial charge < -0.3 is 4.90 Å². The highest BCUT2D eigenvalue weighted by molar-refractivity contribution is 8.00. The standard InChI is InChI=1S/C14H16F2N2OS/c1-3-18(8-10(2)7-17)14(19)9-20-11-4-5-12(15)13(16)6-11/h4-6,10H,3,8-9H2,1-2H3/t10-/m0/s1. The van der Waals surface area contributed by atoms with E-state index >= 15 is 0 Å². The average Bonchev–Trinajstić information content (AvgIpc) is 2.45. The molecule has 0 N–H and O–H groups in total. The molecule has 0 aliphatic heterocycles. The lowest BCUT2D eigenvalue weighted by Crippen LogP contribution is -2.35. The summed E-state index contributed by atoms with van der Waals surface area (Å²) in [5.74, 6) is -2.04. The molecule has 1 rings (SSSR count). The third kappa shape index (κ3) is 4.82. The van der Waals surface area contributed by atoms with Crippen molar-refractivity contribution < 1.29 is 13.6 Å². The second-order valence-electron chi connectivity index (χ2n) is 4.33. The van der Waals surface area contributed by atoms with Crippen LogP contribution in [0, 0.1) is 28.9 Å². The Kier molecular flexibility index (Phi) is 6.46. The minimum absolute atomic E-state index is 0.121. The van der Waals surface area contributed by atoms with E-state index in [1.54, 1.807) is 11.8 Å². The Bertz CT molecular complexity index is 516. The van der Waals surface area contributed by atoms with E-state index in [0.29, 0.717) is 18.0 Å². The van der Waals surface area contributed by atoms with E-state index in [1.807, 2.05) is 6.92 Å². The van der Waals surface area contributed by atoms with Crippen LogP contribution in [0.1, 0.15) is 13.8 Å². The van der Waals surface area contributed by atoms with E-state index in [-0.39, 0.29) is 17.6 Å². The molecule has 0 saturated heterocycles. The first-order valence-corrected chi connectivity index (χ1v) is 7.21. The van der Waals surface area contributed by atoms with E-state index in [9.17, 15) is 13.6 Å². The molecule has 0 aliphatic carbocycles. The summed E-state index contributed by atoms with van der Waals surface area (Å²) in [4.78, 5) is 14.1. The molecule has 0 heterocycles. The lowest BCUT2D eigenvalue weighted by Gasteiger charge is -2.21. The van der Waals surface area contributed by atoms with Crippen LogP contribution in [0.5, 0.6) is 0 Å². The summed E-state index contributed by atoms with van der Waals surface area (Å²) in [7, 11) is 0. The zero-order chi connectivity index (χ0) is 15.1. The number of carbonyl (C=O) groups is 1. The number of benzene rings is 1. The highest BCUT2D eigenvalue weighted by Gasteiger charge is 2.15. The van der Waals surface area contributed by atoms with Crippen molar-refractivity contribution in [1.82, 2.24) is 4.90 Å². The second-order valence-corrected chi connectivity index (χ2v) is 5.38. The molecule has 0 spiro atoms. The van der Waals surface area contributed by atoms with Crippen LogP contribution in [0.15, 0.2) is 23.1 Å². The van der Waals surface area contributed by atoms with Gasteiger partial charge in [-0.25, -0.2) is 8.78 Å². The number of rotatable bonds is 6. The number of hydrogen-bond donors (Lipinski definition) is 0. The molecule has 1 amide bonds. The number of nitrogens with zero attached hydrogens (tertiary/aromatic N) is 2. The molecule has 6 heteroatoms. The lowest BCUT2D eigenvalue weighted by molar-refractivity contribution is -0.128. The van der Waals surface area contributed by atoms with Crippen LogP contribution in [-0.4, -0.2) is 29.6 Å². The first-order valence-electron chi connectivity index (χ1n) is 6.23. The van der Waals surface area contributed by atoms with Crippen LogP contribution in [0.3, 0.4) is 0 Å².